The third kappa shape index (κ3) is 3.74. The Morgan fingerprint density at radius 3 is 2.45 bits per heavy atom. The van der Waals surface area contributed by atoms with E-state index in [4.69, 9.17) is 11.6 Å². The Labute approximate surface area is 124 Å². The molecule has 0 aliphatic heterocycles. The lowest BCUT2D eigenvalue weighted by Crippen LogP contribution is -2.06. The van der Waals surface area contributed by atoms with Gasteiger partial charge < -0.3 is 5.32 Å². The third-order valence-electron chi connectivity index (χ3n) is 2.92. The lowest BCUT2D eigenvalue weighted by molar-refractivity contribution is 0.602. The minimum absolute atomic E-state index is 0.313. The van der Waals surface area contributed by atoms with Crippen LogP contribution in [0.3, 0.4) is 0 Å². The van der Waals surface area contributed by atoms with E-state index in [1.807, 2.05) is 30.3 Å². The second-order valence-corrected chi connectivity index (χ2v) is 6.83. The van der Waals surface area contributed by atoms with Crippen LogP contribution in [-0.4, -0.2) is 14.7 Å². The number of nitrogens with one attached hydrogen (secondary N) is 1. The molecule has 0 saturated carbocycles. The van der Waals surface area contributed by atoms with E-state index in [1.54, 1.807) is 18.2 Å². The summed E-state index contributed by atoms with van der Waals surface area (Å²) >= 11 is 5.80. The molecule has 5 heteroatoms. The largest absolute Gasteiger partial charge is 0.380 e. The summed E-state index contributed by atoms with van der Waals surface area (Å²) in [4.78, 5) is 0.313. The molecule has 1 N–H and O–H groups in total. The van der Waals surface area contributed by atoms with Crippen LogP contribution in [0.1, 0.15) is 11.1 Å². The fourth-order valence-corrected chi connectivity index (χ4v) is 2.99. The normalized spacial score (nSPS) is 11.3. The average molecular weight is 310 g/mol. The van der Waals surface area contributed by atoms with E-state index in [0.29, 0.717) is 23.0 Å². The predicted molar refractivity (Wildman–Crippen MR) is 82.9 cm³/mol. The highest BCUT2D eigenvalue weighted by molar-refractivity contribution is 7.90. The Balaban J connectivity index is 2.19. The van der Waals surface area contributed by atoms with E-state index in [1.165, 1.54) is 6.26 Å². The SMILES string of the molecule is CS(=O)(=O)c1ccccc1NCc1cccc(CCl)c1. The Morgan fingerprint density at radius 1 is 1.05 bits per heavy atom. The number of anilines is 1. The first-order valence-electron chi connectivity index (χ1n) is 6.17. The van der Waals surface area contributed by atoms with Gasteiger partial charge >= 0.3 is 0 Å². The Bertz CT molecular complexity index is 699. The van der Waals surface area contributed by atoms with E-state index in [-0.39, 0.29) is 0 Å². The first-order valence-corrected chi connectivity index (χ1v) is 8.60. The first kappa shape index (κ1) is 14.9. The highest BCUT2D eigenvalue weighted by Crippen LogP contribution is 2.21. The summed E-state index contributed by atoms with van der Waals surface area (Å²) in [5.41, 5.74) is 2.72. The van der Waals surface area contributed by atoms with Crippen LogP contribution in [0.4, 0.5) is 5.69 Å². The van der Waals surface area contributed by atoms with Crippen molar-refractivity contribution >= 4 is 27.1 Å². The van der Waals surface area contributed by atoms with Crippen LogP contribution < -0.4 is 5.32 Å². The van der Waals surface area contributed by atoms with Gasteiger partial charge in [0.2, 0.25) is 0 Å². The van der Waals surface area contributed by atoms with Gasteiger partial charge in [-0.1, -0.05) is 36.4 Å². The number of alkyl halides is 1. The summed E-state index contributed by atoms with van der Waals surface area (Å²) in [6.45, 7) is 0.553. The zero-order valence-electron chi connectivity index (χ0n) is 11.1. The molecule has 0 radical (unpaired) electrons. The van der Waals surface area contributed by atoms with Crippen molar-refractivity contribution in [3.05, 3.63) is 59.7 Å². The standard InChI is InChI=1S/C15H16ClNO2S/c1-20(18,19)15-8-3-2-7-14(15)17-11-13-6-4-5-12(9-13)10-16/h2-9,17H,10-11H2,1H3. The Morgan fingerprint density at radius 2 is 1.75 bits per heavy atom. The van der Waals surface area contributed by atoms with Crippen LogP contribution in [0.15, 0.2) is 53.4 Å². The van der Waals surface area contributed by atoms with Gasteiger partial charge in [-0.2, -0.15) is 0 Å². The summed E-state index contributed by atoms with van der Waals surface area (Å²) in [7, 11) is -3.23. The predicted octanol–water partition coefficient (Wildman–Crippen LogP) is 3.44. The second kappa shape index (κ2) is 6.29. The van der Waals surface area contributed by atoms with Crippen LogP contribution in [0, 0.1) is 0 Å². The molecule has 0 atom stereocenters. The topological polar surface area (TPSA) is 46.2 Å². The minimum Gasteiger partial charge on any atom is -0.380 e. The number of hydrogen-bond acceptors (Lipinski definition) is 3. The molecule has 0 aliphatic carbocycles. The molecule has 0 spiro atoms. The zero-order chi connectivity index (χ0) is 14.6. The lowest BCUT2D eigenvalue weighted by atomic mass is 10.1. The number of hydrogen-bond donors (Lipinski definition) is 1. The highest BCUT2D eigenvalue weighted by Gasteiger charge is 2.11. The summed E-state index contributed by atoms with van der Waals surface area (Å²) in [6.07, 6.45) is 1.21. The number of rotatable bonds is 5. The fraction of sp³-hybridized carbons (Fsp3) is 0.200. The molecule has 0 heterocycles. The molecule has 20 heavy (non-hydrogen) atoms. The molecule has 2 aromatic carbocycles. The number of sulfone groups is 1. The fourth-order valence-electron chi connectivity index (χ4n) is 1.96. The minimum atomic E-state index is -3.23. The summed E-state index contributed by atoms with van der Waals surface area (Å²) in [5, 5.41) is 3.17. The molecule has 0 fully saturated rings. The van der Waals surface area contributed by atoms with Gasteiger partial charge in [-0.25, -0.2) is 8.42 Å². The average Bonchev–Trinajstić information content (AvgIpc) is 2.44. The van der Waals surface area contributed by atoms with Crippen molar-refractivity contribution in [1.29, 1.82) is 0 Å². The van der Waals surface area contributed by atoms with E-state index in [9.17, 15) is 8.42 Å². The molecular weight excluding hydrogens is 294 g/mol. The molecule has 2 rings (SSSR count). The van der Waals surface area contributed by atoms with E-state index >= 15 is 0 Å². The lowest BCUT2D eigenvalue weighted by Gasteiger charge is -2.11. The zero-order valence-corrected chi connectivity index (χ0v) is 12.7. The Kier molecular flexibility index (Phi) is 4.68. The van der Waals surface area contributed by atoms with Crippen LogP contribution in [-0.2, 0) is 22.3 Å². The van der Waals surface area contributed by atoms with Crippen LogP contribution in [0.25, 0.3) is 0 Å². The smallest absolute Gasteiger partial charge is 0.177 e. The maximum absolute atomic E-state index is 11.7. The van der Waals surface area contributed by atoms with Gasteiger partial charge in [0.1, 0.15) is 0 Å². The van der Waals surface area contributed by atoms with Gasteiger partial charge in [0.15, 0.2) is 9.84 Å². The molecule has 0 bridgehead atoms. The quantitative estimate of drug-likeness (QED) is 0.861. The van der Waals surface area contributed by atoms with E-state index in [2.05, 4.69) is 5.32 Å². The van der Waals surface area contributed by atoms with E-state index < -0.39 is 9.84 Å². The molecule has 0 aromatic heterocycles. The van der Waals surface area contributed by atoms with Crippen LogP contribution >= 0.6 is 11.6 Å². The second-order valence-electron chi connectivity index (χ2n) is 4.58. The molecule has 3 nitrogen and oxygen atoms in total. The van der Waals surface area contributed by atoms with Crippen LogP contribution in [0.2, 0.25) is 0 Å². The van der Waals surface area contributed by atoms with Gasteiger partial charge in [0.05, 0.1) is 10.6 Å². The molecule has 2 aromatic rings. The maximum Gasteiger partial charge on any atom is 0.177 e. The van der Waals surface area contributed by atoms with Gasteiger partial charge in [-0.3, -0.25) is 0 Å². The van der Waals surface area contributed by atoms with Crippen molar-refractivity contribution in [2.75, 3.05) is 11.6 Å². The highest BCUT2D eigenvalue weighted by atomic mass is 35.5. The summed E-state index contributed by atoms with van der Waals surface area (Å²) in [6, 6.07) is 14.8. The first-order chi connectivity index (χ1) is 9.50. The van der Waals surface area contributed by atoms with Crippen molar-refractivity contribution < 1.29 is 8.42 Å². The van der Waals surface area contributed by atoms with Gasteiger partial charge in [0, 0.05) is 18.7 Å². The van der Waals surface area contributed by atoms with Crippen molar-refractivity contribution in [1.82, 2.24) is 0 Å². The van der Waals surface area contributed by atoms with Crippen molar-refractivity contribution in [2.24, 2.45) is 0 Å². The maximum atomic E-state index is 11.7. The summed E-state index contributed by atoms with van der Waals surface area (Å²) in [5.74, 6) is 0.466. The van der Waals surface area contributed by atoms with Gasteiger partial charge in [-0.15, -0.1) is 11.6 Å². The van der Waals surface area contributed by atoms with Crippen molar-refractivity contribution in [2.45, 2.75) is 17.3 Å². The monoisotopic (exact) mass is 309 g/mol. The molecular formula is C15H16ClNO2S. The third-order valence-corrected chi connectivity index (χ3v) is 4.38. The van der Waals surface area contributed by atoms with Gasteiger partial charge in [-0.05, 0) is 23.3 Å². The van der Waals surface area contributed by atoms with Crippen LogP contribution in [0.5, 0.6) is 0 Å². The van der Waals surface area contributed by atoms with Crippen molar-refractivity contribution in [3.63, 3.8) is 0 Å². The Hall–Kier alpha value is -1.52. The number of para-hydroxylation sites is 1. The molecule has 0 aliphatic rings. The molecule has 0 unspecified atom stereocenters. The number of halogens is 1. The van der Waals surface area contributed by atoms with E-state index in [0.717, 1.165) is 11.1 Å². The molecule has 0 saturated heterocycles. The van der Waals surface area contributed by atoms with Crippen molar-refractivity contribution in [3.8, 4) is 0 Å². The number of benzene rings is 2. The molecule has 0 amide bonds. The van der Waals surface area contributed by atoms with Gasteiger partial charge in [0.25, 0.3) is 0 Å². The summed E-state index contributed by atoms with van der Waals surface area (Å²) < 4.78 is 23.4. The molecule has 106 valence electrons.